The molecule has 0 aliphatic rings. The van der Waals surface area contributed by atoms with E-state index in [-0.39, 0.29) is 10.9 Å². The average Bonchev–Trinajstić information content (AvgIpc) is 2.21. The van der Waals surface area contributed by atoms with Gasteiger partial charge in [-0.15, -0.1) is 0 Å². The van der Waals surface area contributed by atoms with Crippen LogP contribution in [0.1, 0.15) is 24.8 Å². The predicted molar refractivity (Wildman–Crippen MR) is 60.0 cm³/mol. The number of hydrogen-bond acceptors (Lipinski definition) is 2. The van der Waals surface area contributed by atoms with Gasteiger partial charge in [-0.2, -0.15) is 0 Å². The van der Waals surface area contributed by atoms with Gasteiger partial charge in [0.1, 0.15) is 11.6 Å². The fourth-order valence-corrected chi connectivity index (χ4v) is 1.68. The summed E-state index contributed by atoms with van der Waals surface area (Å²) < 4.78 is 18.3. The van der Waals surface area contributed by atoms with E-state index in [2.05, 4.69) is 0 Å². The van der Waals surface area contributed by atoms with Crippen molar-refractivity contribution < 1.29 is 9.13 Å². The van der Waals surface area contributed by atoms with Crippen LogP contribution in [0.25, 0.3) is 0 Å². The summed E-state index contributed by atoms with van der Waals surface area (Å²) in [6, 6.07) is 2.92. The van der Waals surface area contributed by atoms with Crippen LogP contribution in [0.5, 0.6) is 5.75 Å². The number of methoxy groups -OCH3 is 1. The van der Waals surface area contributed by atoms with Gasteiger partial charge < -0.3 is 10.5 Å². The Kier molecular flexibility index (Phi) is 4.36. The molecule has 1 unspecified atom stereocenters. The van der Waals surface area contributed by atoms with Crippen molar-refractivity contribution in [3.63, 3.8) is 0 Å². The lowest BCUT2D eigenvalue weighted by molar-refractivity contribution is 0.402. The molecule has 0 spiro atoms. The van der Waals surface area contributed by atoms with Crippen molar-refractivity contribution in [2.75, 3.05) is 13.7 Å². The van der Waals surface area contributed by atoms with E-state index in [4.69, 9.17) is 22.1 Å². The van der Waals surface area contributed by atoms with Crippen LogP contribution < -0.4 is 10.5 Å². The minimum atomic E-state index is -0.461. The van der Waals surface area contributed by atoms with Crippen LogP contribution in [0, 0.1) is 5.82 Å². The Hall–Kier alpha value is -0.800. The lowest BCUT2D eigenvalue weighted by Gasteiger charge is -2.15. The van der Waals surface area contributed by atoms with Gasteiger partial charge in [0.05, 0.1) is 12.1 Å². The second-order valence-corrected chi connectivity index (χ2v) is 3.89. The van der Waals surface area contributed by atoms with E-state index in [1.54, 1.807) is 6.07 Å². The first-order valence-electron chi connectivity index (χ1n) is 4.83. The van der Waals surface area contributed by atoms with Crippen molar-refractivity contribution in [3.8, 4) is 5.75 Å². The van der Waals surface area contributed by atoms with Crippen LogP contribution in [0.2, 0.25) is 5.02 Å². The van der Waals surface area contributed by atoms with Gasteiger partial charge in [-0.25, -0.2) is 4.39 Å². The summed E-state index contributed by atoms with van der Waals surface area (Å²) in [7, 11) is 1.52. The molecule has 1 atom stereocenters. The molecule has 0 heterocycles. The van der Waals surface area contributed by atoms with Crippen molar-refractivity contribution in [3.05, 3.63) is 28.5 Å². The Morgan fingerprint density at radius 1 is 1.53 bits per heavy atom. The van der Waals surface area contributed by atoms with Gasteiger partial charge in [-0.1, -0.05) is 18.5 Å². The fraction of sp³-hybridized carbons (Fsp3) is 0.455. The number of hydrogen-bond donors (Lipinski definition) is 1. The zero-order valence-electron chi connectivity index (χ0n) is 8.89. The van der Waals surface area contributed by atoms with Gasteiger partial charge >= 0.3 is 0 Å². The van der Waals surface area contributed by atoms with E-state index >= 15 is 0 Å². The molecule has 0 bridgehead atoms. The van der Waals surface area contributed by atoms with Gasteiger partial charge in [-0.05, 0) is 30.5 Å². The normalized spacial score (nSPS) is 12.6. The van der Waals surface area contributed by atoms with E-state index in [1.807, 2.05) is 6.92 Å². The molecule has 84 valence electrons. The van der Waals surface area contributed by atoms with Crippen molar-refractivity contribution in [2.45, 2.75) is 19.3 Å². The van der Waals surface area contributed by atoms with Crippen LogP contribution in [0.3, 0.4) is 0 Å². The maximum absolute atomic E-state index is 13.2. The molecular weight excluding hydrogens is 217 g/mol. The molecule has 0 aromatic heterocycles. The van der Waals surface area contributed by atoms with Crippen molar-refractivity contribution in [2.24, 2.45) is 5.73 Å². The first-order valence-corrected chi connectivity index (χ1v) is 5.21. The summed E-state index contributed by atoms with van der Waals surface area (Å²) in [6.07, 6.45) is 0.818. The van der Waals surface area contributed by atoms with E-state index in [0.717, 1.165) is 12.0 Å². The molecule has 15 heavy (non-hydrogen) atoms. The molecule has 2 N–H and O–H groups in total. The van der Waals surface area contributed by atoms with Gasteiger partial charge in [0, 0.05) is 6.07 Å². The fourth-order valence-electron chi connectivity index (χ4n) is 1.51. The zero-order chi connectivity index (χ0) is 11.4. The first kappa shape index (κ1) is 12.3. The first-order chi connectivity index (χ1) is 7.10. The Balaban J connectivity index is 3.09. The number of nitrogens with two attached hydrogens (primary N) is 1. The topological polar surface area (TPSA) is 35.2 Å². The summed E-state index contributed by atoms with van der Waals surface area (Å²) in [5.74, 6) is 0.276. The van der Waals surface area contributed by atoms with Crippen molar-refractivity contribution in [1.82, 2.24) is 0 Å². The second-order valence-electron chi connectivity index (χ2n) is 3.49. The number of rotatable bonds is 4. The second kappa shape index (κ2) is 5.33. The Morgan fingerprint density at radius 3 is 2.73 bits per heavy atom. The van der Waals surface area contributed by atoms with Gasteiger partial charge in [-0.3, -0.25) is 0 Å². The van der Waals surface area contributed by atoms with E-state index in [9.17, 15) is 4.39 Å². The summed E-state index contributed by atoms with van der Waals surface area (Å²) in [4.78, 5) is 0. The molecule has 4 heteroatoms. The molecule has 0 fully saturated rings. The zero-order valence-corrected chi connectivity index (χ0v) is 9.64. The third kappa shape index (κ3) is 2.83. The van der Waals surface area contributed by atoms with E-state index in [1.165, 1.54) is 13.2 Å². The summed E-state index contributed by atoms with van der Waals surface area (Å²) in [5.41, 5.74) is 6.38. The average molecular weight is 232 g/mol. The highest BCUT2D eigenvalue weighted by atomic mass is 35.5. The lowest BCUT2D eigenvalue weighted by atomic mass is 9.97. The molecule has 0 saturated heterocycles. The molecule has 0 saturated carbocycles. The van der Waals surface area contributed by atoms with Crippen molar-refractivity contribution >= 4 is 11.6 Å². The Labute approximate surface area is 94.2 Å². The number of halogens is 2. The number of ether oxygens (including phenoxy) is 1. The van der Waals surface area contributed by atoms with Crippen LogP contribution in [-0.4, -0.2) is 13.7 Å². The maximum atomic E-state index is 13.2. The van der Waals surface area contributed by atoms with E-state index in [0.29, 0.717) is 12.3 Å². The van der Waals surface area contributed by atoms with E-state index < -0.39 is 5.82 Å². The molecule has 0 amide bonds. The summed E-state index contributed by atoms with van der Waals surface area (Å²) in [5, 5.41) is 0.120. The molecule has 1 aromatic rings. The largest absolute Gasteiger partial charge is 0.496 e. The minimum Gasteiger partial charge on any atom is -0.496 e. The lowest BCUT2D eigenvalue weighted by Crippen LogP contribution is -2.06. The summed E-state index contributed by atoms with van der Waals surface area (Å²) >= 11 is 5.73. The van der Waals surface area contributed by atoms with Crippen LogP contribution in [-0.2, 0) is 0 Å². The van der Waals surface area contributed by atoms with Gasteiger partial charge in [0.2, 0.25) is 0 Å². The standard InChI is InChI=1S/C11H15ClFNO/c1-7(3-4-14)8-5-9(12)10(13)6-11(8)15-2/h5-7H,3-4,14H2,1-2H3. The number of benzene rings is 1. The molecule has 0 aliphatic heterocycles. The minimum absolute atomic E-state index is 0.120. The maximum Gasteiger partial charge on any atom is 0.145 e. The molecule has 0 aliphatic carbocycles. The monoisotopic (exact) mass is 231 g/mol. The van der Waals surface area contributed by atoms with Crippen LogP contribution >= 0.6 is 11.6 Å². The van der Waals surface area contributed by atoms with Gasteiger partial charge in [0.25, 0.3) is 0 Å². The summed E-state index contributed by atoms with van der Waals surface area (Å²) in [6.45, 7) is 2.60. The quantitative estimate of drug-likeness (QED) is 0.865. The molecule has 0 radical (unpaired) electrons. The highest BCUT2D eigenvalue weighted by Crippen LogP contribution is 2.32. The highest BCUT2D eigenvalue weighted by molar-refractivity contribution is 6.30. The van der Waals surface area contributed by atoms with Crippen LogP contribution in [0.4, 0.5) is 4.39 Å². The smallest absolute Gasteiger partial charge is 0.145 e. The molecule has 2 nitrogen and oxygen atoms in total. The van der Waals surface area contributed by atoms with Crippen LogP contribution in [0.15, 0.2) is 12.1 Å². The highest BCUT2D eigenvalue weighted by Gasteiger charge is 2.14. The molecular formula is C11H15ClFNO. The van der Waals surface area contributed by atoms with Crippen molar-refractivity contribution in [1.29, 1.82) is 0 Å². The molecule has 1 aromatic carbocycles. The van der Waals surface area contributed by atoms with Gasteiger partial charge in [0.15, 0.2) is 0 Å². The molecule has 1 rings (SSSR count). The SMILES string of the molecule is COc1cc(F)c(Cl)cc1C(C)CCN. The third-order valence-corrected chi connectivity index (χ3v) is 2.69. The third-order valence-electron chi connectivity index (χ3n) is 2.40. The Bertz CT molecular complexity index is 344. The Morgan fingerprint density at radius 2 is 2.20 bits per heavy atom. The predicted octanol–water partition coefficient (Wildman–Crippen LogP) is 2.94.